The van der Waals surface area contributed by atoms with Gasteiger partial charge in [0.25, 0.3) is 0 Å². The summed E-state index contributed by atoms with van der Waals surface area (Å²) in [7, 11) is 0. The van der Waals surface area contributed by atoms with Gasteiger partial charge in [0.15, 0.2) is 0 Å². The Balaban J connectivity index is 4.28. The molecule has 0 saturated heterocycles. The first kappa shape index (κ1) is 9.52. The molecule has 0 amide bonds. The fourth-order valence-corrected chi connectivity index (χ4v) is 0.470. The summed E-state index contributed by atoms with van der Waals surface area (Å²) < 4.78 is 4.58. The maximum atomic E-state index is 10.8. The van der Waals surface area contributed by atoms with Crippen LogP contribution in [0.2, 0.25) is 0 Å². The van der Waals surface area contributed by atoms with Gasteiger partial charge in [-0.25, -0.2) is 4.79 Å². The SMILES string of the molecule is C/C=C(/N=[N+]=[N-])C(=O)OCC. The van der Waals surface area contributed by atoms with Crippen LogP contribution in [0.3, 0.4) is 0 Å². The monoisotopic (exact) mass is 155 g/mol. The number of azide groups is 1. The predicted molar refractivity (Wildman–Crippen MR) is 39.5 cm³/mol. The van der Waals surface area contributed by atoms with Crippen LogP contribution in [0.1, 0.15) is 13.8 Å². The first-order valence-electron chi connectivity index (χ1n) is 3.14. The van der Waals surface area contributed by atoms with Crippen molar-refractivity contribution in [2.45, 2.75) is 13.8 Å². The molecule has 5 heteroatoms. The number of esters is 1. The van der Waals surface area contributed by atoms with Crippen molar-refractivity contribution < 1.29 is 9.53 Å². The minimum atomic E-state index is -0.590. The van der Waals surface area contributed by atoms with Gasteiger partial charge in [0.1, 0.15) is 5.70 Å². The Morgan fingerprint density at radius 3 is 2.82 bits per heavy atom. The maximum absolute atomic E-state index is 10.8. The van der Waals surface area contributed by atoms with Crippen LogP contribution in [-0.2, 0) is 9.53 Å². The van der Waals surface area contributed by atoms with E-state index >= 15 is 0 Å². The Labute approximate surface area is 64.3 Å². The van der Waals surface area contributed by atoms with Crippen molar-refractivity contribution in [3.63, 3.8) is 0 Å². The number of ether oxygens (including phenoxy) is 1. The van der Waals surface area contributed by atoms with E-state index in [0.717, 1.165) is 0 Å². The minimum absolute atomic E-state index is 0.00523. The molecule has 0 aromatic heterocycles. The molecule has 0 heterocycles. The summed E-state index contributed by atoms with van der Waals surface area (Å²) in [5, 5.41) is 3.13. The number of allylic oxidation sites excluding steroid dienone is 1. The molecule has 5 nitrogen and oxygen atoms in total. The molecule has 0 fully saturated rings. The van der Waals surface area contributed by atoms with Gasteiger partial charge in [0, 0.05) is 4.91 Å². The average Bonchev–Trinajstić information content (AvgIpc) is 2.00. The second-order valence-electron chi connectivity index (χ2n) is 1.58. The molecule has 60 valence electrons. The third-order valence-electron chi connectivity index (χ3n) is 0.910. The van der Waals surface area contributed by atoms with E-state index in [1.54, 1.807) is 13.8 Å². The van der Waals surface area contributed by atoms with E-state index in [-0.39, 0.29) is 12.3 Å². The molecule has 0 unspecified atom stereocenters. The van der Waals surface area contributed by atoms with Crippen molar-refractivity contribution in [1.29, 1.82) is 0 Å². The molecule has 0 aliphatic heterocycles. The van der Waals surface area contributed by atoms with Crippen LogP contribution in [-0.4, -0.2) is 12.6 Å². The van der Waals surface area contributed by atoms with E-state index in [4.69, 9.17) is 5.53 Å². The smallest absolute Gasteiger partial charge is 0.340 e. The van der Waals surface area contributed by atoms with Crippen LogP contribution < -0.4 is 0 Å². The number of carbonyl (C=O) groups is 1. The van der Waals surface area contributed by atoms with Gasteiger partial charge < -0.3 is 4.74 Å². The van der Waals surface area contributed by atoms with E-state index in [2.05, 4.69) is 14.8 Å². The molecule has 0 aliphatic carbocycles. The molecule has 0 N–H and O–H groups in total. The largest absolute Gasteiger partial charge is 0.462 e. The molecule has 0 aromatic carbocycles. The van der Waals surface area contributed by atoms with Crippen LogP contribution >= 0.6 is 0 Å². The van der Waals surface area contributed by atoms with E-state index in [9.17, 15) is 4.79 Å². The zero-order chi connectivity index (χ0) is 8.69. The summed E-state index contributed by atoms with van der Waals surface area (Å²) in [5.74, 6) is -0.590. The normalized spacial score (nSPS) is 10.2. The van der Waals surface area contributed by atoms with Crippen LogP contribution in [0.15, 0.2) is 16.9 Å². The Morgan fingerprint density at radius 1 is 1.82 bits per heavy atom. The molecule has 0 radical (unpaired) electrons. The van der Waals surface area contributed by atoms with Crippen molar-refractivity contribution in [2.24, 2.45) is 5.11 Å². The second kappa shape index (κ2) is 5.32. The zero-order valence-electron chi connectivity index (χ0n) is 6.44. The minimum Gasteiger partial charge on any atom is -0.462 e. The summed E-state index contributed by atoms with van der Waals surface area (Å²) >= 11 is 0. The number of carbonyl (C=O) groups excluding carboxylic acids is 1. The third-order valence-corrected chi connectivity index (χ3v) is 0.910. The second-order valence-corrected chi connectivity index (χ2v) is 1.58. The van der Waals surface area contributed by atoms with Crippen LogP contribution in [0, 0.1) is 0 Å². The first-order valence-corrected chi connectivity index (χ1v) is 3.14. The molecular formula is C6H9N3O2. The fourth-order valence-electron chi connectivity index (χ4n) is 0.470. The number of nitrogens with zero attached hydrogens (tertiary/aromatic N) is 3. The van der Waals surface area contributed by atoms with Crippen molar-refractivity contribution in [2.75, 3.05) is 6.61 Å². The standard InChI is InChI=1S/C6H9N3O2/c1-3-5(8-9-7)6(10)11-4-2/h3H,4H2,1-2H3/b5-3+. The van der Waals surface area contributed by atoms with Crippen molar-refractivity contribution in [3.05, 3.63) is 22.2 Å². The van der Waals surface area contributed by atoms with Crippen LogP contribution in [0.25, 0.3) is 10.4 Å². The summed E-state index contributed by atoms with van der Waals surface area (Å²) in [5.41, 5.74) is 7.99. The molecule has 0 saturated carbocycles. The average molecular weight is 155 g/mol. The van der Waals surface area contributed by atoms with Gasteiger partial charge in [-0.15, -0.1) is 0 Å². The Morgan fingerprint density at radius 2 is 2.45 bits per heavy atom. The highest BCUT2D eigenvalue weighted by Gasteiger charge is 2.05. The molecule has 11 heavy (non-hydrogen) atoms. The van der Waals surface area contributed by atoms with Crippen molar-refractivity contribution in [1.82, 2.24) is 0 Å². The van der Waals surface area contributed by atoms with Crippen molar-refractivity contribution >= 4 is 5.97 Å². The van der Waals surface area contributed by atoms with Gasteiger partial charge in [-0.05, 0) is 19.4 Å². The molecule has 0 aromatic rings. The highest BCUT2D eigenvalue weighted by Crippen LogP contribution is 1.99. The molecule has 0 atom stereocenters. The summed E-state index contributed by atoms with van der Waals surface area (Å²) in [6.07, 6.45) is 1.40. The van der Waals surface area contributed by atoms with E-state index in [1.165, 1.54) is 6.08 Å². The Bertz CT molecular complexity index is 216. The van der Waals surface area contributed by atoms with Gasteiger partial charge in [0.05, 0.1) is 6.61 Å². The highest BCUT2D eigenvalue weighted by atomic mass is 16.5. The molecule has 0 bridgehead atoms. The van der Waals surface area contributed by atoms with Crippen LogP contribution in [0.4, 0.5) is 0 Å². The fraction of sp³-hybridized carbons (Fsp3) is 0.500. The first-order chi connectivity index (χ1) is 5.26. The Kier molecular flexibility index (Phi) is 4.60. The van der Waals surface area contributed by atoms with Gasteiger partial charge in [0.2, 0.25) is 0 Å². The van der Waals surface area contributed by atoms with Gasteiger partial charge >= 0.3 is 5.97 Å². The maximum Gasteiger partial charge on any atom is 0.340 e. The van der Waals surface area contributed by atoms with Crippen molar-refractivity contribution in [3.8, 4) is 0 Å². The Hall–Kier alpha value is -1.48. The van der Waals surface area contributed by atoms with Gasteiger partial charge in [-0.3, -0.25) is 0 Å². The number of hydrogen-bond donors (Lipinski definition) is 0. The highest BCUT2D eigenvalue weighted by molar-refractivity contribution is 5.87. The summed E-state index contributed by atoms with van der Waals surface area (Å²) in [6.45, 7) is 3.55. The lowest BCUT2D eigenvalue weighted by Crippen LogP contribution is -2.05. The van der Waals surface area contributed by atoms with Crippen LogP contribution in [0.5, 0.6) is 0 Å². The number of hydrogen-bond acceptors (Lipinski definition) is 3. The molecule has 0 rings (SSSR count). The quantitative estimate of drug-likeness (QED) is 0.205. The molecule has 0 aliphatic rings. The lowest BCUT2D eigenvalue weighted by Gasteiger charge is -1.98. The summed E-state index contributed by atoms with van der Waals surface area (Å²) in [6, 6.07) is 0. The zero-order valence-corrected chi connectivity index (χ0v) is 6.44. The lowest BCUT2D eigenvalue weighted by molar-refractivity contribution is -0.138. The summed E-state index contributed by atoms with van der Waals surface area (Å²) in [4.78, 5) is 13.3. The van der Waals surface area contributed by atoms with E-state index in [1.807, 2.05) is 0 Å². The lowest BCUT2D eigenvalue weighted by atomic mass is 10.4. The van der Waals surface area contributed by atoms with Gasteiger partial charge in [-0.1, -0.05) is 11.2 Å². The predicted octanol–water partition coefficient (Wildman–Crippen LogP) is 1.76. The topological polar surface area (TPSA) is 75.1 Å². The third kappa shape index (κ3) is 3.27. The number of rotatable bonds is 3. The van der Waals surface area contributed by atoms with E-state index < -0.39 is 5.97 Å². The van der Waals surface area contributed by atoms with E-state index in [0.29, 0.717) is 0 Å². The van der Waals surface area contributed by atoms with Gasteiger partial charge in [-0.2, -0.15) is 0 Å². The molecule has 0 spiro atoms. The molecular weight excluding hydrogens is 146 g/mol.